The SMILES string of the molecule is CC(C)[Si](C(C)C)(C(C)C)C(O)CC(O)C(C)(C)C. The molecule has 2 nitrogen and oxygen atoms in total. The summed E-state index contributed by atoms with van der Waals surface area (Å²) in [5.74, 6) is 0. The smallest absolute Gasteiger partial charge is 0.0949 e. The van der Waals surface area contributed by atoms with Crippen LogP contribution in [-0.2, 0) is 0 Å². The number of rotatable bonds is 6. The zero-order valence-electron chi connectivity index (χ0n) is 14.5. The number of hydrogen-bond acceptors (Lipinski definition) is 2. The summed E-state index contributed by atoms with van der Waals surface area (Å²) >= 11 is 0. The van der Waals surface area contributed by atoms with E-state index in [9.17, 15) is 10.2 Å². The quantitative estimate of drug-likeness (QED) is 0.713. The van der Waals surface area contributed by atoms with Crippen LogP contribution in [0.1, 0.15) is 68.7 Å². The third-order valence-corrected chi connectivity index (χ3v) is 12.4. The van der Waals surface area contributed by atoms with Gasteiger partial charge in [-0.25, -0.2) is 0 Å². The van der Waals surface area contributed by atoms with Crippen molar-refractivity contribution in [3.8, 4) is 0 Å². The zero-order chi connectivity index (χ0) is 15.6. The highest BCUT2D eigenvalue weighted by Crippen LogP contribution is 2.45. The van der Waals surface area contributed by atoms with Crippen LogP contribution in [0.4, 0.5) is 0 Å². The molecule has 0 aliphatic heterocycles. The standard InChI is InChI=1S/C16H36O2Si/c1-11(2)19(12(3)4,13(5)6)15(18)10-14(17)16(7,8)9/h11-15,17-18H,10H2,1-9H3. The average molecular weight is 289 g/mol. The van der Waals surface area contributed by atoms with Gasteiger partial charge in [-0.15, -0.1) is 0 Å². The van der Waals surface area contributed by atoms with Gasteiger partial charge in [-0.3, -0.25) is 0 Å². The molecule has 2 N–H and O–H groups in total. The van der Waals surface area contributed by atoms with E-state index in [4.69, 9.17) is 0 Å². The minimum Gasteiger partial charge on any atom is -0.396 e. The fourth-order valence-corrected chi connectivity index (χ4v) is 10.9. The molecule has 0 spiro atoms. The van der Waals surface area contributed by atoms with Crippen molar-refractivity contribution >= 4 is 8.07 Å². The van der Waals surface area contributed by atoms with Gasteiger partial charge >= 0.3 is 0 Å². The maximum absolute atomic E-state index is 10.9. The molecule has 0 aliphatic rings. The Balaban J connectivity index is 5.29. The summed E-state index contributed by atoms with van der Waals surface area (Å²) in [6, 6.07) is 0. The van der Waals surface area contributed by atoms with Crippen LogP contribution in [0.2, 0.25) is 16.6 Å². The molecule has 0 saturated heterocycles. The molecule has 3 heteroatoms. The largest absolute Gasteiger partial charge is 0.396 e. The summed E-state index contributed by atoms with van der Waals surface area (Å²) in [6.07, 6.45) is 0.0789. The fourth-order valence-electron chi connectivity index (χ4n) is 3.92. The molecule has 0 rings (SSSR count). The molecule has 0 aliphatic carbocycles. The molecule has 0 fully saturated rings. The number of aliphatic hydroxyl groups is 2. The summed E-state index contributed by atoms with van der Waals surface area (Å²) in [4.78, 5) is 0. The molecule has 19 heavy (non-hydrogen) atoms. The lowest BCUT2D eigenvalue weighted by molar-refractivity contribution is 0.0289. The van der Waals surface area contributed by atoms with Crippen LogP contribution in [0.25, 0.3) is 0 Å². The van der Waals surface area contributed by atoms with Crippen LogP contribution < -0.4 is 0 Å². The van der Waals surface area contributed by atoms with Crippen molar-refractivity contribution in [2.45, 2.75) is 97.2 Å². The topological polar surface area (TPSA) is 40.5 Å². The highest BCUT2D eigenvalue weighted by Gasteiger charge is 2.49. The fraction of sp³-hybridized carbons (Fsp3) is 1.00. The van der Waals surface area contributed by atoms with Crippen molar-refractivity contribution in [2.24, 2.45) is 5.41 Å². The van der Waals surface area contributed by atoms with Crippen LogP contribution >= 0.6 is 0 Å². The van der Waals surface area contributed by atoms with E-state index in [0.717, 1.165) is 0 Å². The molecular formula is C16H36O2Si. The van der Waals surface area contributed by atoms with Crippen LogP contribution in [0.5, 0.6) is 0 Å². The highest BCUT2D eigenvalue weighted by molar-refractivity contribution is 6.84. The summed E-state index contributed by atoms with van der Waals surface area (Å²) in [6.45, 7) is 19.6. The van der Waals surface area contributed by atoms with E-state index in [1.54, 1.807) is 0 Å². The first kappa shape index (κ1) is 19.1. The van der Waals surface area contributed by atoms with Gasteiger partial charge < -0.3 is 10.2 Å². The van der Waals surface area contributed by atoms with Gasteiger partial charge in [0.25, 0.3) is 0 Å². The van der Waals surface area contributed by atoms with E-state index in [-0.39, 0.29) is 11.1 Å². The molecular weight excluding hydrogens is 252 g/mol. The van der Waals surface area contributed by atoms with Gasteiger partial charge in [0.05, 0.1) is 14.2 Å². The monoisotopic (exact) mass is 288 g/mol. The first-order valence-electron chi connectivity index (χ1n) is 7.74. The van der Waals surface area contributed by atoms with Crippen molar-refractivity contribution in [3.63, 3.8) is 0 Å². The molecule has 0 amide bonds. The summed E-state index contributed by atoms with van der Waals surface area (Å²) in [5, 5.41) is 21.2. The van der Waals surface area contributed by atoms with E-state index in [1.807, 2.05) is 20.8 Å². The van der Waals surface area contributed by atoms with Gasteiger partial charge in [-0.2, -0.15) is 0 Å². The van der Waals surface area contributed by atoms with Gasteiger partial charge in [-0.1, -0.05) is 62.3 Å². The Hall–Kier alpha value is 0.137. The molecule has 116 valence electrons. The van der Waals surface area contributed by atoms with E-state index >= 15 is 0 Å². The van der Waals surface area contributed by atoms with Crippen molar-refractivity contribution in [2.75, 3.05) is 0 Å². The van der Waals surface area contributed by atoms with Crippen LogP contribution in [-0.4, -0.2) is 30.1 Å². The summed E-state index contributed by atoms with van der Waals surface area (Å²) in [7, 11) is -1.88. The van der Waals surface area contributed by atoms with Crippen molar-refractivity contribution in [1.82, 2.24) is 0 Å². The third kappa shape index (κ3) is 4.05. The lowest BCUT2D eigenvalue weighted by Gasteiger charge is -2.47. The van der Waals surface area contributed by atoms with Gasteiger partial charge in [-0.05, 0) is 28.5 Å². The van der Waals surface area contributed by atoms with Gasteiger partial charge in [0.1, 0.15) is 0 Å². The first-order valence-corrected chi connectivity index (χ1v) is 10.0. The van der Waals surface area contributed by atoms with E-state index in [2.05, 4.69) is 41.5 Å². The second kappa shape index (κ2) is 6.73. The molecule has 0 bridgehead atoms. The molecule has 0 heterocycles. The Kier molecular flexibility index (Phi) is 6.78. The van der Waals surface area contributed by atoms with E-state index in [0.29, 0.717) is 23.0 Å². The van der Waals surface area contributed by atoms with Crippen molar-refractivity contribution in [3.05, 3.63) is 0 Å². The molecule has 0 radical (unpaired) electrons. The Bertz CT molecular complexity index is 245. The van der Waals surface area contributed by atoms with Gasteiger partial charge in [0.15, 0.2) is 0 Å². The van der Waals surface area contributed by atoms with Gasteiger partial charge in [0.2, 0.25) is 0 Å². The molecule has 0 saturated carbocycles. The molecule has 0 aromatic rings. The molecule has 0 aromatic heterocycles. The summed E-state index contributed by atoms with van der Waals surface area (Å²) in [5.41, 5.74) is 1.08. The predicted molar refractivity (Wildman–Crippen MR) is 87.1 cm³/mol. The van der Waals surface area contributed by atoms with Crippen LogP contribution in [0, 0.1) is 5.41 Å². The summed E-state index contributed by atoms with van der Waals surface area (Å²) < 4.78 is 0. The Morgan fingerprint density at radius 2 is 1.11 bits per heavy atom. The Labute approximate surface area is 121 Å². The molecule has 2 atom stereocenters. The number of hydrogen-bond donors (Lipinski definition) is 2. The molecule has 0 aromatic carbocycles. The van der Waals surface area contributed by atoms with Crippen molar-refractivity contribution < 1.29 is 10.2 Å². The number of aliphatic hydroxyl groups excluding tert-OH is 2. The third-order valence-electron chi connectivity index (χ3n) is 5.02. The minimum absolute atomic E-state index is 0.161. The average Bonchev–Trinajstić information content (AvgIpc) is 2.14. The first-order chi connectivity index (χ1) is 8.38. The predicted octanol–water partition coefficient (Wildman–Crippen LogP) is 4.36. The minimum atomic E-state index is -1.88. The maximum Gasteiger partial charge on any atom is 0.0949 e. The van der Waals surface area contributed by atoms with Crippen LogP contribution in [0.3, 0.4) is 0 Å². The van der Waals surface area contributed by atoms with Crippen molar-refractivity contribution in [1.29, 1.82) is 0 Å². The maximum atomic E-state index is 10.9. The Morgan fingerprint density at radius 1 is 0.789 bits per heavy atom. The lowest BCUT2D eigenvalue weighted by Crippen LogP contribution is -2.56. The van der Waals surface area contributed by atoms with Gasteiger partial charge in [0, 0.05) is 5.73 Å². The normalized spacial score (nSPS) is 17.4. The lowest BCUT2D eigenvalue weighted by atomic mass is 9.87. The molecule has 2 unspecified atom stereocenters. The Morgan fingerprint density at radius 3 is 1.32 bits per heavy atom. The van der Waals surface area contributed by atoms with E-state index in [1.165, 1.54) is 0 Å². The highest BCUT2D eigenvalue weighted by atomic mass is 28.3. The van der Waals surface area contributed by atoms with E-state index < -0.39 is 14.2 Å². The zero-order valence-corrected chi connectivity index (χ0v) is 15.5. The second-order valence-corrected chi connectivity index (χ2v) is 14.2. The van der Waals surface area contributed by atoms with Crippen LogP contribution in [0.15, 0.2) is 0 Å². The second-order valence-electron chi connectivity index (χ2n) is 8.10.